The third-order valence-electron chi connectivity index (χ3n) is 4.93. The van der Waals surface area contributed by atoms with Crippen molar-refractivity contribution in [2.45, 2.75) is 37.2 Å². The van der Waals surface area contributed by atoms with Gasteiger partial charge in [-0.15, -0.1) is 0 Å². The molecule has 30 heavy (non-hydrogen) atoms. The standard InChI is InChI=1S/C21H25N3O5S/c1-15(29-21(26)16-5-11-19(12-6-16)30(22,27)28)20(25)23-17-7-9-18(10-8-17)24-13-3-2-4-14-24/h5-12,15H,2-4,13-14H2,1H3,(H,23,25)(H2,22,27,28)/t15-/m0/s1. The average molecular weight is 432 g/mol. The lowest BCUT2D eigenvalue weighted by Gasteiger charge is -2.28. The van der Waals surface area contributed by atoms with Gasteiger partial charge in [-0.1, -0.05) is 0 Å². The molecule has 1 amide bonds. The molecule has 3 rings (SSSR count). The van der Waals surface area contributed by atoms with Crippen molar-refractivity contribution in [2.75, 3.05) is 23.3 Å². The molecule has 0 aromatic heterocycles. The van der Waals surface area contributed by atoms with E-state index in [1.165, 1.54) is 50.5 Å². The fraction of sp³-hybridized carbons (Fsp3) is 0.333. The first kappa shape index (κ1) is 21.8. The van der Waals surface area contributed by atoms with Gasteiger partial charge in [0.05, 0.1) is 10.5 Å². The molecule has 3 N–H and O–H groups in total. The number of amides is 1. The SMILES string of the molecule is C[C@H](OC(=O)c1ccc(S(N)(=O)=O)cc1)C(=O)Nc1ccc(N2CCCCC2)cc1. The number of piperidine rings is 1. The number of carbonyl (C=O) groups excluding carboxylic acids is 2. The second kappa shape index (κ2) is 9.27. The molecule has 0 spiro atoms. The topological polar surface area (TPSA) is 119 Å². The van der Waals surface area contributed by atoms with Crippen molar-refractivity contribution in [1.29, 1.82) is 0 Å². The van der Waals surface area contributed by atoms with Gasteiger partial charge < -0.3 is 15.0 Å². The highest BCUT2D eigenvalue weighted by molar-refractivity contribution is 7.89. The smallest absolute Gasteiger partial charge is 0.338 e. The van der Waals surface area contributed by atoms with Crippen LogP contribution in [0.2, 0.25) is 0 Å². The number of anilines is 2. The fourth-order valence-electron chi connectivity index (χ4n) is 3.21. The molecule has 0 radical (unpaired) electrons. The quantitative estimate of drug-likeness (QED) is 0.679. The predicted octanol–water partition coefficient (Wildman–Crippen LogP) is 2.51. The number of nitrogens with one attached hydrogen (secondary N) is 1. The number of ether oxygens (including phenoxy) is 1. The number of esters is 1. The van der Waals surface area contributed by atoms with Crippen LogP contribution in [-0.4, -0.2) is 39.5 Å². The van der Waals surface area contributed by atoms with Crippen molar-refractivity contribution >= 4 is 33.3 Å². The lowest BCUT2D eigenvalue weighted by Crippen LogP contribution is -2.30. The normalized spacial score (nSPS) is 15.3. The van der Waals surface area contributed by atoms with Gasteiger partial charge in [-0.05, 0) is 74.7 Å². The van der Waals surface area contributed by atoms with Gasteiger partial charge in [0.1, 0.15) is 0 Å². The molecule has 1 atom stereocenters. The second-order valence-electron chi connectivity index (χ2n) is 7.20. The summed E-state index contributed by atoms with van der Waals surface area (Å²) in [6.45, 7) is 3.54. The van der Waals surface area contributed by atoms with E-state index < -0.39 is 28.0 Å². The van der Waals surface area contributed by atoms with Gasteiger partial charge in [0.25, 0.3) is 5.91 Å². The summed E-state index contributed by atoms with van der Waals surface area (Å²) in [4.78, 5) is 26.8. The van der Waals surface area contributed by atoms with E-state index in [4.69, 9.17) is 9.88 Å². The number of nitrogens with zero attached hydrogens (tertiary/aromatic N) is 1. The van der Waals surface area contributed by atoms with E-state index in [1.54, 1.807) is 0 Å². The Kier molecular flexibility index (Phi) is 6.73. The number of sulfonamides is 1. The van der Waals surface area contributed by atoms with Crippen molar-refractivity contribution in [1.82, 2.24) is 0 Å². The summed E-state index contributed by atoms with van der Waals surface area (Å²) in [6, 6.07) is 12.6. The van der Waals surface area contributed by atoms with Gasteiger partial charge in [0.2, 0.25) is 10.0 Å². The van der Waals surface area contributed by atoms with Crippen LogP contribution in [-0.2, 0) is 19.6 Å². The summed E-state index contributed by atoms with van der Waals surface area (Å²) in [5.41, 5.74) is 1.85. The fourth-order valence-corrected chi connectivity index (χ4v) is 3.73. The summed E-state index contributed by atoms with van der Waals surface area (Å²) in [7, 11) is -3.85. The van der Waals surface area contributed by atoms with Crippen LogP contribution in [0.25, 0.3) is 0 Å². The van der Waals surface area contributed by atoms with Gasteiger partial charge in [0.15, 0.2) is 6.10 Å². The van der Waals surface area contributed by atoms with Gasteiger partial charge >= 0.3 is 5.97 Å². The highest BCUT2D eigenvalue weighted by Gasteiger charge is 2.20. The van der Waals surface area contributed by atoms with Crippen LogP contribution in [0.1, 0.15) is 36.5 Å². The van der Waals surface area contributed by atoms with Crippen LogP contribution in [0.15, 0.2) is 53.4 Å². The van der Waals surface area contributed by atoms with Gasteiger partial charge in [-0.2, -0.15) is 0 Å². The third kappa shape index (κ3) is 5.58. The zero-order valence-corrected chi connectivity index (χ0v) is 17.5. The molecule has 1 aliphatic heterocycles. The highest BCUT2D eigenvalue weighted by Crippen LogP contribution is 2.22. The number of carbonyl (C=O) groups is 2. The molecule has 1 saturated heterocycles. The van der Waals surface area contributed by atoms with E-state index in [-0.39, 0.29) is 10.5 Å². The lowest BCUT2D eigenvalue weighted by atomic mass is 10.1. The van der Waals surface area contributed by atoms with Gasteiger partial charge in [-0.3, -0.25) is 4.79 Å². The third-order valence-corrected chi connectivity index (χ3v) is 5.86. The van der Waals surface area contributed by atoms with Crippen molar-refractivity contribution in [3.63, 3.8) is 0 Å². The van der Waals surface area contributed by atoms with Crippen LogP contribution in [0.4, 0.5) is 11.4 Å². The molecule has 0 unspecified atom stereocenters. The monoisotopic (exact) mass is 431 g/mol. The van der Waals surface area contributed by atoms with Crippen LogP contribution >= 0.6 is 0 Å². The first-order chi connectivity index (χ1) is 14.2. The first-order valence-corrected chi connectivity index (χ1v) is 11.3. The summed E-state index contributed by atoms with van der Waals surface area (Å²) in [5, 5.41) is 7.76. The van der Waals surface area contributed by atoms with Crippen LogP contribution < -0.4 is 15.4 Å². The lowest BCUT2D eigenvalue weighted by molar-refractivity contribution is -0.123. The van der Waals surface area contributed by atoms with Gasteiger partial charge in [-0.25, -0.2) is 18.4 Å². The Morgan fingerprint density at radius 3 is 2.17 bits per heavy atom. The molecule has 2 aromatic rings. The number of primary sulfonamides is 1. The van der Waals surface area contributed by atoms with Crippen molar-refractivity contribution < 1.29 is 22.7 Å². The van der Waals surface area contributed by atoms with E-state index in [9.17, 15) is 18.0 Å². The van der Waals surface area contributed by atoms with E-state index in [0.717, 1.165) is 18.8 Å². The largest absolute Gasteiger partial charge is 0.449 e. The zero-order valence-electron chi connectivity index (χ0n) is 16.7. The van der Waals surface area contributed by atoms with E-state index >= 15 is 0 Å². The van der Waals surface area contributed by atoms with Crippen LogP contribution in [0.3, 0.4) is 0 Å². The van der Waals surface area contributed by atoms with E-state index in [0.29, 0.717) is 5.69 Å². The highest BCUT2D eigenvalue weighted by atomic mass is 32.2. The molecular weight excluding hydrogens is 406 g/mol. The minimum absolute atomic E-state index is 0.113. The zero-order chi connectivity index (χ0) is 21.7. The Morgan fingerprint density at radius 1 is 1.00 bits per heavy atom. The minimum atomic E-state index is -3.85. The van der Waals surface area contributed by atoms with E-state index in [1.807, 2.05) is 24.3 Å². The Labute approximate surface area is 176 Å². The van der Waals surface area contributed by atoms with Gasteiger partial charge in [0, 0.05) is 24.5 Å². The molecule has 1 fully saturated rings. The summed E-state index contributed by atoms with van der Waals surface area (Å²) in [6.07, 6.45) is 2.60. The minimum Gasteiger partial charge on any atom is -0.449 e. The Bertz CT molecular complexity index is 998. The number of benzene rings is 2. The maximum atomic E-state index is 12.4. The summed E-state index contributed by atoms with van der Waals surface area (Å²) < 4.78 is 27.7. The Hall–Kier alpha value is -2.91. The van der Waals surface area contributed by atoms with Crippen molar-refractivity contribution in [2.24, 2.45) is 5.14 Å². The summed E-state index contributed by atoms with van der Waals surface area (Å²) in [5.74, 6) is -1.20. The van der Waals surface area contributed by atoms with Crippen molar-refractivity contribution in [3.8, 4) is 0 Å². The predicted molar refractivity (Wildman–Crippen MR) is 114 cm³/mol. The maximum absolute atomic E-state index is 12.4. The molecule has 0 bridgehead atoms. The number of hydrogen-bond donors (Lipinski definition) is 2. The van der Waals surface area contributed by atoms with Crippen molar-refractivity contribution in [3.05, 3.63) is 54.1 Å². The molecule has 9 heteroatoms. The van der Waals surface area contributed by atoms with E-state index in [2.05, 4.69) is 10.2 Å². The molecule has 1 aliphatic rings. The number of rotatable bonds is 6. The van der Waals surface area contributed by atoms with Crippen LogP contribution in [0, 0.1) is 0 Å². The molecular formula is C21H25N3O5S. The Balaban J connectivity index is 1.55. The number of nitrogens with two attached hydrogens (primary N) is 1. The molecule has 0 saturated carbocycles. The average Bonchev–Trinajstić information content (AvgIpc) is 2.74. The van der Waals surface area contributed by atoms with Crippen LogP contribution in [0.5, 0.6) is 0 Å². The first-order valence-electron chi connectivity index (χ1n) is 9.74. The maximum Gasteiger partial charge on any atom is 0.338 e. The second-order valence-corrected chi connectivity index (χ2v) is 8.76. The molecule has 1 heterocycles. The Morgan fingerprint density at radius 2 is 1.60 bits per heavy atom. The number of hydrogen-bond acceptors (Lipinski definition) is 6. The molecule has 160 valence electrons. The summed E-state index contributed by atoms with van der Waals surface area (Å²) >= 11 is 0. The molecule has 2 aromatic carbocycles. The molecule has 8 nitrogen and oxygen atoms in total. The molecule has 0 aliphatic carbocycles.